The van der Waals surface area contributed by atoms with Crippen molar-refractivity contribution in [3.63, 3.8) is 0 Å². The minimum Gasteiger partial charge on any atom is -0.493 e. The normalized spacial score (nSPS) is 18.3. The fourth-order valence-corrected chi connectivity index (χ4v) is 3.96. The van der Waals surface area contributed by atoms with E-state index < -0.39 is 11.8 Å². The minimum atomic E-state index is -0.546. The Hall–Kier alpha value is -2.08. The summed E-state index contributed by atoms with van der Waals surface area (Å²) < 4.78 is 5.57. The van der Waals surface area contributed by atoms with E-state index in [9.17, 15) is 9.59 Å². The molecule has 1 fully saturated rings. The average molecular weight is 373 g/mol. The summed E-state index contributed by atoms with van der Waals surface area (Å²) >= 11 is 0. The highest BCUT2D eigenvalue weighted by Gasteiger charge is 2.23. The molecule has 1 heterocycles. The number of nitrogens with one attached hydrogen (secondary N) is 2. The first-order valence-corrected chi connectivity index (χ1v) is 10.1. The number of benzene rings is 1. The Kier molecular flexibility index (Phi) is 6.72. The molecule has 6 nitrogen and oxygen atoms in total. The molecule has 1 unspecified atom stereocenters. The third-order valence-corrected chi connectivity index (χ3v) is 5.57. The number of hydrogen-bond acceptors (Lipinski definition) is 4. The lowest BCUT2D eigenvalue weighted by Crippen LogP contribution is -2.46. The molecule has 1 aromatic carbocycles. The van der Waals surface area contributed by atoms with E-state index in [-0.39, 0.29) is 12.1 Å². The topological polar surface area (TPSA) is 70.7 Å². The summed E-state index contributed by atoms with van der Waals surface area (Å²) in [5.41, 5.74) is 2.32. The van der Waals surface area contributed by atoms with Gasteiger partial charge in [-0.25, -0.2) is 0 Å². The molecule has 27 heavy (non-hydrogen) atoms. The van der Waals surface area contributed by atoms with Gasteiger partial charge >= 0.3 is 11.8 Å². The van der Waals surface area contributed by atoms with Crippen LogP contribution in [0.4, 0.5) is 0 Å². The van der Waals surface area contributed by atoms with Crippen LogP contribution in [0.3, 0.4) is 0 Å². The van der Waals surface area contributed by atoms with E-state index in [0.29, 0.717) is 6.54 Å². The summed E-state index contributed by atoms with van der Waals surface area (Å²) in [5.74, 6) is -0.111. The number of fused-ring (bicyclic) bond motifs is 1. The van der Waals surface area contributed by atoms with Crippen LogP contribution in [-0.2, 0) is 16.0 Å². The Labute approximate surface area is 161 Å². The Morgan fingerprint density at radius 3 is 2.59 bits per heavy atom. The van der Waals surface area contributed by atoms with Crippen molar-refractivity contribution >= 4 is 11.8 Å². The summed E-state index contributed by atoms with van der Waals surface area (Å²) in [5, 5.41) is 5.72. The molecule has 1 saturated carbocycles. The monoisotopic (exact) mass is 373 g/mol. The number of carbonyl (C=O) groups excluding carboxylic acids is 2. The molecule has 148 valence electrons. The van der Waals surface area contributed by atoms with Crippen LogP contribution in [0.5, 0.6) is 5.75 Å². The van der Waals surface area contributed by atoms with Crippen LogP contribution >= 0.6 is 0 Å². The molecule has 0 saturated heterocycles. The van der Waals surface area contributed by atoms with Crippen molar-refractivity contribution < 1.29 is 14.3 Å². The maximum absolute atomic E-state index is 12.3. The Morgan fingerprint density at radius 2 is 1.89 bits per heavy atom. The molecular formula is C21H31N3O3. The van der Waals surface area contributed by atoms with Gasteiger partial charge in [0.15, 0.2) is 0 Å². The molecule has 2 N–H and O–H groups in total. The van der Waals surface area contributed by atoms with Gasteiger partial charge in [-0.15, -0.1) is 0 Å². The smallest absolute Gasteiger partial charge is 0.309 e. The lowest BCUT2D eigenvalue weighted by molar-refractivity contribution is -0.139. The zero-order valence-electron chi connectivity index (χ0n) is 16.4. The first-order chi connectivity index (χ1) is 13.0. The highest BCUT2D eigenvalue weighted by atomic mass is 16.5. The summed E-state index contributed by atoms with van der Waals surface area (Å²) in [7, 11) is 3.96. The molecule has 0 spiro atoms. The highest BCUT2D eigenvalue weighted by molar-refractivity contribution is 6.35. The first kappa shape index (κ1) is 19.7. The Bertz CT molecular complexity index is 667. The van der Waals surface area contributed by atoms with Gasteiger partial charge in [0.1, 0.15) is 5.75 Å². The van der Waals surface area contributed by atoms with Gasteiger partial charge < -0.3 is 20.3 Å². The van der Waals surface area contributed by atoms with Gasteiger partial charge in [-0.2, -0.15) is 0 Å². The van der Waals surface area contributed by atoms with E-state index in [1.165, 1.54) is 18.4 Å². The van der Waals surface area contributed by atoms with Crippen molar-refractivity contribution in [2.24, 2.45) is 0 Å². The Morgan fingerprint density at radius 1 is 1.15 bits per heavy atom. The third kappa shape index (κ3) is 5.22. The highest BCUT2D eigenvalue weighted by Crippen LogP contribution is 2.29. The number of rotatable bonds is 5. The molecule has 3 rings (SSSR count). The lowest BCUT2D eigenvalue weighted by atomic mass is 10.0. The van der Waals surface area contributed by atoms with Crippen LogP contribution in [0.2, 0.25) is 0 Å². The van der Waals surface area contributed by atoms with Gasteiger partial charge in [0.25, 0.3) is 0 Å². The quantitative estimate of drug-likeness (QED) is 0.613. The maximum atomic E-state index is 12.3. The van der Waals surface area contributed by atoms with Crippen molar-refractivity contribution in [1.82, 2.24) is 15.5 Å². The second-order valence-electron chi connectivity index (χ2n) is 7.82. The lowest BCUT2D eigenvalue weighted by Gasteiger charge is -2.25. The molecule has 1 aromatic rings. The van der Waals surface area contributed by atoms with E-state index in [0.717, 1.165) is 50.0 Å². The fourth-order valence-electron chi connectivity index (χ4n) is 3.96. The van der Waals surface area contributed by atoms with E-state index in [1.807, 2.05) is 26.2 Å². The number of ether oxygens (including phenoxy) is 1. The molecule has 2 aliphatic rings. The fraction of sp³-hybridized carbons (Fsp3) is 0.619. The largest absolute Gasteiger partial charge is 0.493 e. The van der Waals surface area contributed by atoms with E-state index in [1.54, 1.807) is 0 Å². The van der Waals surface area contributed by atoms with Gasteiger partial charge in [0.2, 0.25) is 0 Å². The zero-order chi connectivity index (χ0) is 19.2. The molecule has 0 aromatic heterocycles. The zero-order valence-corrected chi connectivity index (χ0v) is 16.4. The second kappa shape index (κ2) is 9.22. The number of amides is 2. The van der Waals surface area contributed by atoms with Crippen LogP contribution in [0.15, 0.2) is 18.2 Å². The molecule has 6 heteroatoms. The maximum Gasteiger partial charge on any atom is 0.309 e. The van der Waals surface area contributed by atoms with Gasteiger partial charge in [-0.05, 0) is 44.1 Å². The second-order valence-corrected chi connectivity index (χ2v) is 7.82. The van der Waals surface area contributed by atoms with E-state index in [2.05, 4.69) is 21.6 Å². The van der Waals surface area contributed by atoms with Crippen LogP contribution in [0, 0.1) is 0 Å². The Balaban J connectivity index is 1.55. The first-order valence-electron chi connectivity index (χ1n) is 10.1. The number of nitrogens with zero attached hydrogens (tertiary/aromatic N) is 1. The number of carbonyl (C=O) groups is 2. The summed E-state index contributed by atoms with van der Waals surface area (Å²) in [6.07, 6.45) is 7.53. The summed E-state index contributed by atoms with van der Waals surface area (Å²) in [6, 6.07) is 6.31. The standard InChI is InChI=1S/C21H31N3O3/c1-24(2)18(15-9-10-19-16(13-15)11-12-27-19)14-22-20(25)21(26)23-17-7-5-3-4-6-8-17/h9-10,13,17-18H,3-8,11-12,14H2,1-2H3,(H,22,25)(H,23,26). The van der Waals surface area contributed by atoms with Crippen LogP contribution in [0.25, 0.3) is 0 Å². The predicted octanol–water partition coefficient (Wildman–Crippen LogP) is 2.18. The van der Waals surface area contributed by atoms with Crippen molar-refractivity contribution in [2.75, 3.05) is 27.2 Å². The van der Waals surface area contributed by atoms with E-state index in [4.69, 9.17) is 4.74 Å². The van der Waals surface area contributed by atoms with Gasteiger partial charge in [-0.1, -0.05) is 37.8 Å². The number of hydrogen-bond donors (Lipinski definition) is 2. The molecule has 1 aliphatic heterocycles. The van der Waals surface area contributed by atoms with Crippen molar-refractivity contribution in [1.29, 1.82) is 0 Å². The van der Waals surface area contributed by atoms with Crippen LogP contribution in [-0.4, -0.2) is 50.0 Å². The van der Waals surface area contributed by atoms with Gasteiger partial charge in [0.05, 0.1) is 12.6 Å². The minimum absolute atomic E-state index is 0.00512. The van der Waals surface area contributed by atoms with Crippen molar-refractivity contribution in [2.45, 2.75) is 57.0 Å². The third-order valence-electron chi connectivity index (χ3n) is 5.57. The number of likely N-dealkylation sites (N-methyl/N-ethyl adjacent to an activating group) is 1. The summed E-state index contributed by atoms with van der Waals surface area (Å²) in [6.45, 7) is 1.12. The SMILES string of the molecule is CN(C)C(CNC(=O)C(=O)NC1CCCCCC1)c1ccc2c(c1)CCO2. The molecule has 0 radical (unpaired) electrons. The summed E-state index contributed by atoms with van der Waals surface area (Å²) in [4.78, 5) is 26.6. The molecule has 2 amide bonds. The molecule has 1 atom stereocenters. The van der Waals surface area contributed by atoms with Crippen LogP contribution in [0.1, 0.15) is 55.7 Å². The predicted molar refractivity (Wildman–Crippen MR) is 105 cm³/mol. The van der Waals surface area contributed by atoms with Crippen molar-refractivity contribution in [3.8, 4) is 5.75 Å². The molecular weight excluding hydrogens is 342 g/mol. The van der Waals surface area contributed by atoms with Gasteiger partial charge in [-0.3, -0.25) is 9.59 Å². The molecule has 0 bridgehead atoms. The van der Waals surface area contributed by atoms with Crippen molar-refractivity contribution in [3.05, 3.63) is 29.3 Å². The van der Waals surface area contributed by atoms with E-state index >= 15 is 0 Å². The molecule has 1 aliphatic carbocycles. The average Bonchev–Trinajstić information content (AvgIpc) is 2.97. The van der Waals surface area contributed by atoms with Gasteiger partial charge in [0, 0.05) is 19.0 Å². The van der Waals surface area contributed by atoms with Crippen LogP contribution < -0.4 is 15.4 Å².